The lowest BCUT2D eigenvalue weighted by molar-refractivity contribution is 0.208. The van der Waals surface area contributed by atoms with E-state index < -0.39 is 12.2 Å². The molecule has 0 saturated heterocycles. The molecule has 6 heteroatoms. The Labute approximate surface area is 85.8 Å². The van der Waals surface area contributed by atoms with Gasteiger partial charge in [0, 0.05) is 5.56 Å². The summed E-state index contributed by atoms with van der Waals surface area (Å²) in [5, 5.41) is 0. The molecule has 0 heterocycles. The number of carbonyl (C=O) groups is 2. The first kappa shape index (κ1) is 10.8. The van der Waals surface area contributed by atoms with E-state index in [4.69, 9.17) is 11.5 Å². The number of amides is 2. The number of benzene rings is 1. The van der Waals surface area contributed by atoms with Gasteiger partial charge >= 0.3 is 12.2 Å². The molecule has 0 aliphatic carbocycles. The number of hydrogen-bond acceptors (Lipinski definition) is 4. The molecule has 0 aliphatic rings. The Hall–Kier alpha value is -2.24. The second-order valence-corrected chi connectivity index (χ2v) is 2.72. The molecule has 2 amide bonds. The summed E-state index contributed by atoms with van der Waals surface area (Å²) in [7, 11) is 0. The van der Waals surface area contributed by atoms with Crippen LogP contribution in [0.4, 0.5) is 9.59 Å². The van der Waals surface area contributed by atoms with Gasteiger partial charge in [-0.3, -0.25) is 0 Å². The Morgan fingerprint density at radius 2 is 1.47 bits per heavy atom. The van der Waals surface area contributed by atoms with Crippen molar-refractivity contribution in [3.05, 3.63) is 23.8 Å². The van der Waals surface area contributed by atoms with Crippen molar-refractivity contribution in [2.75, 3.05) is 0 Å². The predicted octanol–water partition coefficient (Wildman–Crippen LogP) is 0.910. The van der Waals surface area contributed by atoms with Crippen LogP contribution in [0.5, 0.6) is 11.5 Å². The number of rotatable bonds is 2. The highest BCUT2D eigenvalue weighted by atomic mass is 16.6. The van der Waals surface area contributed by atoms with Crippen LogP contribution in [0.15, 0.2) is 18.2 Å². The molecule has 0 fully saturated rings. The van der Waals surface area contributed by atoms with Gasteiger partial charge in [-0.25, -0.2) is 9.59 Å². The normalized spacial score (nSPS) is 9.40. The van der Waals surface area contributed by atoms with Crippen LogP contribution in [0.2, 0.25) is 0 Å². The molecule has 0 saturated carbocycles. The first-order valence-electron chi connectivity index (χ1n) is 4.05. The molecule has 1 aromatic rings. The summed E-state index contributed by atoms with van der Waals surface area (Å²) in [6.07, 6.45) is -1.87. The van der Waals surface area contributed by atoms with E-state index >= 15 is 0 Å². The van der Waals surface area contributed by atoms with Gasteiger partial charge in [0.2, 0.25) is 0 Å². The van der Waals surface area contributed by atoms with Crippen molar-refractivity contribution in [3.8, 4) is 11.5 Å². The Morgan fingerprint density at radius 1 is 1.07 bits per heavy atom. The smallest absolute Gasteiger partial charge is 0.409 e. The second kappa shape index (κ2) is 4.32. The summed E-state index contributed by atoms with van der Waals surface area (Å²) >= 11 is 0. The van der Waals surface area contributed by atoms with E-state index in [-0.39, 0.29) is 11.5 Å². The van der Waals surface area contributed by atoms with Gasteiger partial charge in [0.15, 0.2) is 0 Å². The van der Waals surface area contributed by atoms with Gasteiger partial charge in [-0.15, -0.1) is 0 Å². The average molecular weight is 210 g/mol. The molecular formula is C9H10N2O4. The van der Waals surface area contributed by atoms with E-state index in [2.05, 4.69) is 9.47 Å². The first-order chi connectivity index (χ1) is 7.00. The van der Waals surface area contributed by atoms with Crippen molar-refractivity contribution in [2.24, 2.45) is 11.5 Å². The minimum Gasteiger partial charge on any atom is -0.410 e. The van der Waals surface area contributed by atoms with Gasteiger partial charge in [-0.05, 0) is 19.1 Å². The summed E-state index contributed by atoms with van der Waals surface area (Å²) in [5.74, 6) is 0.447. The zero-order chi connectivity index (χ0) is 11.4. The molecular weight excluding hydrogens is 200 g/mol. The van der Waals surface area contributed by atoms with Gasteiger partial charge in [0.1, 0.15) is 11.5 Å². The number of ether oxygens (including phenoxy) is 2. The minimum absolute atomic E-state index is 0.223. The lowest BCUT2D eigenvalue weighted by Crippen LogP contribution is -2.18. The fraction of sp³-hybridized carbons (Fsp3) is 0.111. The fourth-order valence-corrected chi connectivity index (χ4v) is 1.03. The van der Waals surface area contributed by atoms with Crippen molar-refractivity contribution < 1.29 is 19.1 Å². The van der Waals surface area contributed by atoms with Gasteiger partial charge in [-0.1, -0.05) is 6.07 Å². The van der Waals surface area contributed by atoms with E-state index in [9.17, 15) is 9.59 Å². The zero-order valence-corrected chi connectivity index (χ0v) is 8.02. The van der Waals surface area contributed by atoms with Gasteiger partial charge in [0.05, 0.1) is 0 Å². The maximum atomic E-state index is 10.5. The van der Waals surface area contributed by atoms with Crippen LogP contribution in [-0.2, 0) is 0 Å². The maximum absolute atomic E-state index is 10.5. The summed E-state index contributed by atoms with van der Waals surface area (Å²) in [5.41, 5.74) is 10.2. The Morgan fingerprint density at radius 3 is 1.80 bits per heavy atom. The molecule has 1 aromatic carbocycles. The molecule has 6 nitrogen and oxygen atoms in total. The molecule has 15 heavy (non-hydrogen) atoms. The van der Waals surface area contributed by atoms with Crippen LogP contribution in [0.3, 0.4) is 0 Å². The van der Waals surface area contributed by atoms with E-state index in [1.54, 1.807) is 13.0 Å². The quantitative estimate of drug-likeness (QED) is 0.756. The number of nitrogens with two attached hydrogens (primary N) is 2. The van der Waals surface area contributed by atoms with Gasteiger partial charge in [-0.2, -0.15) is 0 Å². The molecule has 0 aromatic heterocycles. The Bertz CT molecular complexity index is 369. The summed E-state index contributed by atoms with van der Waals surface area (Å²) < 4.78 is 9.35. The zero-order valence-electron chi connectivity index (χ0n) is 8.02. The van der Waals surface area contributed by atoms with Crippen LogP contribution in [-0.4, -0.2) is 12.2 Å². The van der Waals surface area contributed by atoms with Gasteiger partial charge in [0.25, 0.3) is 0 Å². The van der Waals surface area contributed by atoms with E-state index in [0.29, 0.717) is 5.56 Å². The average Bonchev–Trinajstić information content (AvgIpc) is 2.10. The SMILES string of the molecule is Cc1c(OC(N)=O)cccc1OC(N)=O. The number of primary amides is 2. The lowest BCUT2D eigenvalue weighted by Gasteiger charge is -2.08. The minimum atomic E-state index is -0.936. The van der Waals surface area contributed by atoms with Crippen LogP contribution in [0, 0.1) is 6.92 Å². The maximum Gasteiger partial charge on any atom is 0.409 e. The van der Waals surface area contributed by atoms with E-state index in [0.717, 1.165) is 0 Å². The van der Waals surface area contributed by atoms with Crippen LogP contribution < -0.4 is 20.9 Å². The molecule has 0 aliphatic heterocycles. The van der Waals surface area contributed by atoms with E-state index in [1.165, 1.54) is 12.1 Å². The Kier molecular flexibility index (Phi) is 3.12. The Balaban J connectivity index is 2.99. The molecule has 0 spiro atoms. The van der Waals surface area contributed by atoms with E-state index in [1.807, 2.05) is 0 Å². The third kappa shape index (κ3) is 2.87. The molecule has 0 atom stereocenters. The summed E-state index contributed by atoms with van der Waals surface area (Å²) in [6, 6.07) is 4.59. The molecule has 4 N–H and O–H groups in total. The summed E-state index contributed by atoms with van der Waals surface area (Å²) in [6.45, 7) is 1.61. The first-order valence-corrected chi connectivity index (χ1v) is 4.05. The fourth-order valence-electron chi connectivity index (χ4n) is 1.03. The highest BCUT2D eigenvalue weighted by Gasteiger charge is 2.09. The highest BCUT2D eigenvalue weighted by Crippen LogP contribution is 2.27. The topological polar surface area (TPSA) is 105 Å². The van der Waals surface area contributed by atoms with Crippen LogP contribution >= 0.6 is 0 Å². The number of hydrogen-bond donors (Lipinski definition) is 2. The number of carbonyl (C=O) groups excluding carboxylic acids is 2. The molecule has 0 bridgehead atoms. The molecule has 0 radical (unpaired) electrons. The second-order valence-electron chi connectivity index (χ2n) is 2.72. The largest absolute Gasteiger partial charge is 0.410 e. The van der Waals surface area contributed by atoms with Gasteiger partial charge < -0.3 is 20.9 Å². The van der Waals surface area contributed by atoms with Crippen molar-refractivity contribution in [3.63, 3.8) is 0 Å². The van der Waals surface area contributed by atoms with Crippen molar-refractivity contribution in [1.29, 1.82) is 0 Å². The third-order valence-electron chi connectivity index (χ3n) is 1.66. The monoisotopic (exact) mass is 210 g/mol. The van der Waals surface area contributed by atoms with Crippen LogP contribution in [0.1, 0.15) is 5.56 Å². The van der Waals surface area contributed by atoms with Crippen molar-refractivity contribution in [1.82, 2.24) is 0 Å². The molecule has 0 unspecified atom stereocenters. The third-order valence-corrected chi connectivity index (χ3v) is 1.66. The standard InChI is InChI=1S/C9H10N2O4/c1-5-6(14-8(10)12)3-2-4-7(5)15-9(11)13/h2-4H,1H3,(H2,10,12)(H2,11,13). The van der Waals surface area contributed by atoms with Crippen LogP contribution in [0.25, 0.3) is 0 Å². The lowest BCUT2D eigenvalue weighted by atomic mass is 10.2. The van der Waals surface area contributed by atoms with Crippen molar-refractivity contribution in [2.45, 2.75) is 6.92 Å². The molecule has 80 valence electrons. The summed E-state index contributed by atoms with van der Waals surface area (Å²) in [4.78, 5) is 21.0. The predicted molar refractivity (Wildman–Crippen MR) is 51.6 cm³/mol. The highest BCUT2D eigenvalue weighted by molar-refractivity contribution is 5.71. The molecule has 1 rings (SSSR count). The van der Waals surface area contributed by atoms with Crippen molar-refractivity contribution >= 4 is 12.2 Å².